The van der Waals surface area contributed by atoms with Crippen LogP contribution in [0.25, 0.3) is 12.2 Å². The van der Waals surface area contributed by atoms with Gasteiger partial charge >= 0.3 is 20.6 Å². The summed E-state index contributed by atoms with van der Waals surface area (Å²) < 4.78 is 75.2. The average molecular weight is 587 g/mol. The Labute approximate surface area is 225 Å². The Morgan fingerprint density at radius 2 is 1.03 bits per heavy atom. The molecule has 0 heterocycles. The van der Waals surface area contributed by atoms with Gasteiger partial charge in [0.15, 0.2) is 28.8 Å². The molecule has 0 aliphatic rings. The number of carbonyl (C=O) groups is 1. The summed E-state index contributed by atoms with van der Waals surface area (Å²) in [5.74, 6) is -1.64. The van der Waals surface area contributed by atoms with Crippen molar-refractivity contribution in [3.8, 4) is 34.5 Å². The molecule has 0 amide bonds. The fourth-order valence-corrected chi connectivity index (χ4v) is 3.78. The fraction of sp³-hybridized carbons (Fsp3) is 0.174. The monoisotopic (exact) mass is 586 g/mol. The Kier molecular flexibility index (Phi) is 10.3. The number of allylic oxidation sites excluding steroid dienone is 3. The highest BCUT2D eigenvalue weighted by Gasteiger charge is 2.19. The summed E-state index contributed by atoms with van der Waals surface area (Å²) in [5.41, 5.74) is 0.776. The molecule has 0 aromatic heterocycles. The molecule has 2 aromatic carbocycles. The summed E-state index contributed by atoms with van der Waals surface area (Å²) in [4.78, 5) is 12.3. The van der Waals surface area contributed by atoms with Crippen LogP contribution in [0.1, 0.15) is 11.1 Å². The Balaban J connectivity index is 2.27. The first-order valence-electron chi connectivity index (χ1n) is 10.5. The molecule has 2 rings (SSSR count). The van der Waals surface area contributed by atoms with Gasteiger partial charge in [0.05, 0.1) is 28.4 Å². The van der Waals surface area contributed by atoms with Gasteiger partial charge in [0.1, 0.15) is 5.76 Å². The summed E-state index contributed by atoms with van der Waals surface area (Å²) in [5, 5.41) is 20.0. The van der Waals surface area contributed by atoms with E-state index in [-0.39, 0.29) is 34.5 Å². The molecule has 212 valence electrons. The second-order valence-corrected chi connectivity index (χ2v) is 9.60. The number of hydrogen-bond acceptors (Lipinski definition) is 12. The Morgan fingerprint density at radius 1 is 0.692 bits per heavy atom. The van der Waals surface area contributed by atoms with Crippen LogP contribution in [-0.4, -0.2) is 56.2 Å². The highest BCUT2D eigenvalue weighted by Crippen LogP contribution is 2.40. The molecule has 2 aromatic rings. The highest BCUT2D eigenvalue weighted by atomic mass is 32.2. The normalized spacial score (nSPS) is 12.4. The molecule has 0 saturated carbocycles. The minimum atomic E-state index is -4.36. The van der Waals surface area contributed by atoms with Crippen molar-refractivity contribution in [3.05, 3.63) is 59.4 Å². The lowest BCUT2D eigenvalue weighted by Gasteiger charge is -2.13. The summed E-state index contributed by atoms with van der Waals surface area (Å²) in [6, 6.07) is 5.53. The summed E-state index contributed by atoms with van der Waals surface area (Å²) in [7, 11) is -3.65. The molecule has 0 radical (unpaired) electrons. The van der Waals surface area contributed by atoms with E-state index in [0.29, 0.717) is 11.1 Å². The van der Waals surface area contributed by atoms with Gasteiger partial charge in [0.2, 0.25) is 11.5 Å². The molecule has 39 heavy (non-hydrogen) atoms. The number of ketones is 1. The van der Waals surface area contributed by atoms with Crippen LogP contribution in [0, 0.1) is 0 Å². The minimum Gasteiger partial charge on any atom is -0.508 e. The van der Waals surface area contributed by atoms with Crippen molar-refractivity contribution in [1.29, 1.82) is 0 Å². The molecule has 0 fully saturated rings. The Bertz CT molecular complexity index is 1480. The SMILES string of the molecule is COc1cc(/C=C/C(=O)/C=C(O)/C=C/c2cc(OC)c(OS(N)(=O)=O)c(OC)c2)cc(OC)c1OS(N)(=O)=O. The molecule has 14 nitrogen and oxygen atoms in total. The fourth-order valence-electron chi connectivity index (χ4n) is 2.99. The van der Waals surface area contributed by atoms with Gasteiger partial charge < -0.3 is 32.4 Å². The van der Waals surface area contributed by atoms with E-state index < -0.39 is 32.2 Å². The van der Waals surface area contributed by atoms with Gasteiger partial charge in [-0.1, -0.05) is 12.2 Å². The zero-order chi connectivity index (χ0) is 29.4. The lowest BCUT2D eigenvalue weighted by molar-refractivity contribution is -0.110. The van der Waals surface area contributed by atoms with E-state index in [1.165, 1.54) is 70.9 Å². The first-order chi connectivity index (χ1) is 18.2. The van der Waals surface area contributed by atoms with E-state index in [9.17, 15) is 26.7 Å². The van der Waals surface area contributed by atoms with E-state index in [2.05, 4.69) is 0 Å². The van der Waals surface area contributed by atoms with Crippen LogP contribution in [0.5, 0.6) is 34.5 Å². The number of nitrogens with two attached hydrogens (primary N) is 2. The molecule has 16 heteroatoms. The van der Waals surface area contributed by atoms with Gasteiger partial charge in [-0.2, -0.15) is 27.1 Å². The maximum Gasteiger partial charge on any atom is 0.380 e. The number of benzene rings is 2. The average Bonchev–Trinajstić information content (AvgIpc) is 2.85. The summed E-state index contributed by atoms with van der Waals surface area (Å²) in [6.45, 7) is 0. The second kappa shape index (κ2) is 13.0. The van der Waals surface area contributed by atoms with Crippen molar-refractivity contribution < 1.29 is 54.1 Å². The van der Waals surface area contributed by atoms with Crippen molar-refractivity contribution in [2.24, 2.45) is 10.3 Å². The maximum absolute atomic E-state index is 12.3. The minimum absolute atomic E-state index is 0.0168. The number of aliphatic hydroxyl groups is 1. The second-order valence-electron chi connectivity index (χ2n) is 7.30. The molecule has 5 N–H and O–H groups in total. The Hall–Kier alpha value is -4.25. The Morgan fingerprint density at radius 3 is 1.33 bits per heavy atom. The van der Waals surface area contributed by atoms with Crippen molar-refractivity contribution in [2.45, 2.75) is 0 Å². The number of methoxy groups -OCH3 is 4. The van der Waals surface area contributed by atoms with Crippen LogP contribution >= 0.6 is 0 Å². The van der Waals surface area contributed by atoms with Crippen LogP contribution in [0.15, 0.2) is 48.3 Å². The predicted octanol–water partition coefficient (Wildman–Crippen LogP) is 1.62. The highest BCUT2D eigenvalue weighted by molar-refractivity contribution is 7.85. The van der Waals surface area contributed by atoms with E-state index in [0.717, 1.165) is 12.2 Å². The van der Waals surface area contributed by atoms with Gasteiger partial charge in [0, 0.05) is 6.08 Å². The van der Waals surface area contributed by atoms with Gasteiger partial charge in [-0.05, 0) is 47.5 Å². The van der Waals surface area contributed by atoms with Crippen molar-refractivity contribution in [1.82, 2.24) is 0 Å². The lowest BCUT2D eigenvalue weighted by atomic mass is 10.1. The van der Waals surface area contributed by atoms with Crippen LogP contribution in [0.4, 0.5) is 0 Å². The molecule has 0 aliphatic carbocycles. The van der Waals surface area contributed by atoms with Crippen LogP contribution < -0.4 is 37.6 Å². The van der Waals surface area contributed by atoms with Crippen LogP contribution in [0.2, 0.25) is 0 Å². The third-order valence-corrected chi connectivity index (χ3v) is 5.34. The van der Waals surface area contributed by atoms with Gasteiger partial charge in [-0.25, -0.2) is 0 Å². The number of rotatable bonds is 13. The molecule has 0 spiro atoms. The van der Waals surface area contributed by atoms with Gasteiger partial charge in [0.25, 0.3) is 0 Å². The van der Waals surface area contributed by atoms with Gasteiger partial charge in [-0.15, -0.1) is 0 Å². The van der Waals surface area contributed by atoms with Crippen molar-refractivity contribution in [2.75, 3.05) is 28.4 Å². The third-order valence-electron chi connectivity index (χ3n) is 4.54. The lowest BCUT2D eigenvalue weighted by Crippen LogP contribution is -2.19. The number of ether oxygens (including phenoxy) is 4. The predicted molar refractivity (Wildman–Crippen MR) is 140 cm³/mol. The quantitative estimate of drug-likeness (QED) is 0.173. The molecular weight excluding hydrogens is 560 g/mol. The molecule has 0 unspecified atom stereocenters. The smallest absolute Gasteiger partial charge is 0.380 e. The molecule has 0 saturated heterocycles. The van der Waals surface area contributed by atoms with E-state index in [4.69, 9.17) is 37.6 Å². The molecule has 0 atom stereocenters. The number of hydrogen-bond donors (Lipinski definition) is 3. The zero-order valence-electron chi connectivity index (χ0n) is 21.1. The van der Waals surface area contributed by atoms with E-state index >= 15 is 0 Å². The first kappa shape index (κ1) is 31.0. The molecule has 0 aliphatic heterocycles. The summed E-state index contributed by atoms with van der Waals surface area (Å²) in [6.07, 6.45) is 6.01. The maximum atomic E-state index is 12.3. The van der Waals surface area contributed by atoms with Crippen molar-refractivity contribution >= 4 is 38.5 Å². The standard InChI is InChI=1S/C23H26N2O12S2/c1-32-18-9-14(10-19(33-2)22(18)36-38(24,28)29)5-7-16(26)13-17(27)8-6-15-11-20(34-3)23(21(12-15)35-4)37-39(25,30)31/h5-13,26H,1-4H3,(H2,24,28,29)(H2,25,30,31)/b7-5+,8-6+,16-13-. The van der Waals surface area contributed by atoms with Crippen molar-refractivity contribution in [3.63, 3.8) is 0 Å². The topological polar surface area (TPSA) is 213 Å². The zero-order valence-corrected chi connectivity index (χ0v) is 22.7. The first-order valence-corrected chi connectivity index (χ1v) is 13.4. The van der Waals surface area contributed by atoms with E-state index in [1.807, 2.05) is 0 Å². The van der Waals surface area contributed by atoms with Gasteiger partial charge in [-0.3, -0.25) is 4.79 Å². The molecule has 0 bridgehead atoms. The summed E-state index contributed by atoms with van der Waals surface area (Å²) >= 11 is 0. The molecular formula is C23H26N2O12S2. The van der Waals surface area contributed by atoms with Crippen LogP contribution in [0.3, 0.4) is 0 Å². The number of carbonyl (C=O) groups excluding carboxylic acids is 1. The van der Waals surface area contributed by atoms with Crippen LogP contribution in [-0.2, 0) is 25.4 Å². The largest absolute Gasteiger partial charge is 0.508 e. The number of aliphatic hydroxyl groups excluding tert-OH is 1. The van der Waals surface area contributed by atoms with E-state index in [1.54, 1.807) is 0 Å². The third kappa shape index (κ3) is 9.53.